The molecule has 0 amide bonds. The van der Waals surface area contributed by atoms with Gasteiger partial charge in [0.05, 0.1) is 0 Å². The van der Waals surface area contributed by atoms with E-state index in [0.717, 1.165) is 0 Å². The van der Waals surface area contributed by atoms with Crippen molar-refractivity contribution in [2.24, 2.45) is 0 Å². The predicted octanol–water partition coefficient (Wildman–Crippen LogP) is 0.785. The molecule has 3 heteroatoms. The fraction of sp³-hybridized carbons (Fsp3) is 0. The summed E-state index contributed by atoms with van der Waals surface area (Å²) in [5.41, 5.74) is 0. The number of nitriles is 1. The van der Waals surface area contributed by atoms with Crippen LogP contribution in [0, 0.1) is 11.8 Å². The van der Waals surface area contributed by atoms with E-state index in [1.165, 1.54) is 0 Å². The molecule has 0 fully saturated rings. The van der Waals surface area contributed by atoms with Crippen molar-refractivity contribution in [3.05, 3.63) is 0 Å². The van der Waals surface area contributed by atoms with Gasteiger partial charge in [0.15, 0.2) is 0 Å². The van der Waals surface area contributed by atoms with E-state index in [4.69, 9.17) is 5.26 Å². The summed E-state index contributed by atoms with van der Waals surface area (Å²) in [6.07, 6.45) is 0. The molecule has 0 aromatic carbocycles. The molecule has 0 saturated heterocycles. The zero-order valence-electron chi connectivity index (χ0n) is 1.73. The molecule has 4 heavy (non-hydrogen) atoms. The molecule has 0 unspecified atom stereocenters. The first-order chi connectivity index (χ1) is 2.00. The summed E-state index contributed by atoms with van der Waals surface area (Å²) in [6, 6.07) is 0. The Morgan fingerprint density at radius 3 is 1.50 bits per heavy atom. The van der Waals surface area contributed by atoms with Gasteiger partial charge < -0.3 is 0 Å². The Morgan fingerprint density at radius 1 is 1.50 bits per heavy atom. The monoisotopic (exact) mass is 166 g/mol. The topological polar surface area (TPSA) is 23.8 Å². The van der Waals surface area contributed by atoms with Gasteiger partial charge in [0, 0.05) is 6.57 Å². The van der Waals surface area contributed by atoms with E-state index in [-0.39, 0.29) is 0 Å². The average molecular weight is 167 g/mol. The summed E-state index contributed by atoms with van der Waals surface area (Å²) >= 11 is 2.53. The van der Waals surface area contributed by atoms with Crippen molar-refractivity contribution in [1.29, 1.82) is 5.26 Å². The summed E-state index contributed by atoms with van der Waals surface area (Å²) in [6.45, 7) is 3.50. The van der Waals surface area contributed by atoms with E-state index in [1.54, 1.807) is 0 Å². The molecular weight excluding hydrogens is 166 g/mol. The van der Waals surface area contributed by atoms with Crippen LogP contribution in [0.2, 0.25) is 0 Å². The van der Waals surface area contributed by atoms with Crippen LogP contribution in [0.3, 0.4) is 0 Å². The molecule has 0 aromatic heterocycles. The molecule has 0 rings (SSSR count). The van der Waals surface area contributed by atoms with Crippen molar-refractivity contribution >= 4 is 9.58 Å². The molecule has 0 spiro atoms. The molecule has 0 radical (unpaired) electrons. The van der Waals surface area contributed by atoms with Crippen LogP contribution in [0.5, 0.6) is 0 Å². The van der Waals surface area contributed by atoms with Crippen molar-refractivity contribution in [2.75, 3.05) is 0 Å². The third-order valence-corrected chi connectivity index (χ3v) is 0. The van der Waals surface area contributed by atoms with Gasteiger partial charge >= 0.3 is 28.8 Å². The summed E-state index contributed by atoms with van der Waals surface area (Å²) in [5.74, 6) is 0. The van der Waals surface area contributed by atoms with Gasteiger partial charge in [0.1, 0.15) is 0 Å². The summed E-state index contributed by atoms with van der Waals surface area (Å²) in [5, 5.41) is 6.50. The van der Waals surface area contributed by atoms with Crippen molar-refractivity contribution in [1.82, 2.24) is 0 Å². The summed E-state index contributed by atoms with van der Waals surface area (Å²) in [7, 11) is 3.89. The Labute approximate surface area is 40.8 Å². The van der Waals surface area contributed by atoms with Crippen molar-refractivity contribution in [3.8, 4) is 6.57 Å². The van der Waals surface area contributed by atoms with Gasteiger partial charge in [-0.2, -0.15) is 0 Å². The van der Waals surface area contributed by atoms with Crippen LogP contribution in [0.4, 0.5) is 0 Å². The van der Waals surface area contributed by atoms with Crippen molar-refractivity contribution in [2.45, 2.75) is 0 Å². The number of nitrogens with zero attached hydrogens (tertiary/aromatic N) is 1. The normalized spacial score (nSPS) is 2.00. The van der Waals surface area contributed by atoms with Gasteiger partial charge in [-0.1, -0.05) is 0 Å². The van der Waals surface area contributed by atoms with Gasteiger partial charge in [0.2, 0.25) is 0 Å². The van der Waals surface area contributed by atoms with E-state index in [2.05, 4.69) is 35.3 Å². The van der Waals surface area contributed by atoms with Crippen LogP contribution in [-0.4, -0.2) is 0 Å². The van der Waals surface area contributed by atoms with Gasteiger partial charge in [-0.3, -0.25) is 0 Å². The van der Waals surface area contributed by atoms with Crippen LogP contribution in [0.1, 0.15) is 0 Å². The van der Waals surface area contributed by atoms with Crippen LogP contribution < -0.4 is 0 Å². The third kappa shape index (κ3) is 25.4. The molecule has 0 aliphatic rings. The Kier molecular flexibility index (Phi) is 225. The molecule has 0 bridgehead atoms. The number of rotatable bonds is 0. The van der Waals surface area contributed by atoms with Gasteiger partial charge in [-0.15, -0.1) is 0 Å². The Morgan fingerprint density at radius 2 is 1.50 bits per heavy atom. The fourth-order valence-corrected chi connectivity index (χ4v) is 0. The molecule has 27 valence electrons. The molecule has 0 aliphatic carbocycles. The maximum atomic E-state index is 6.50. The summed E-state index contributed by atoms with van der Waals surface area (Å²) < 4.78 is 0. The molecule has 0 atom stereocenters. The first-order valence-corrected chi connectivity index (χ1v) is 2.44. The molecule has 0 heterocycles. The number of hydrogen-bond donors (Lipinski definition) is 0. The maximum absolute atomic E-state index is 6.50. The minimum atomic E-state index is 2.53. The fourth-order valence-electron chi connectivity index (χ4n) is 0. The SMILES string of the molecule is C#N.[S]=[Ag]. The third-order valence-electron chi connectivity index (χ3n) is 0. The van der Waals surface area contributed by atoms with Crippen LogP contribution in [-0.2, 0) is 19.2 Å². The molecule has 0 aliphatic heterocycles. The molecule has 1 nitrogen and oxygen atoms in total. The predicted molar refractivity (Wildman–Crippen MR) is 14.3 cm³/mol. The summed E-state index contributed by atoms with van der Waals surface area (Å²) in [4.78, 5) is 0. The van der Waals surface area contributed by atoms with Crippen molar-refractivity contribution in [3.63, 3.8) is 0 Å². The second-order valence-electron chi connectivity index (χ2n) is 0. The zero-order chi connectivity index (χ0) is 4.00. The Balaban J connectivity index is 0. The molecule has 0 aromatic rings. The van der Waals surface area contributed by atoms with E-state index in [9.17, 15) is 0 Å². The Bertz CT molecular complexity index is 19.2. The van der Waals surface area contributed by atoms with Crippen molar-refractivity contribution < 1.29 is 19.2 Å². The van der Waals surface area contributed by atoms with E-state index < -0.39 is 0 Å². The molecular formula is CHAgNS. The minimum absolute atomic E-state index is 2.53. The second-order valence-corrected chi connectivity index (χ2v) is 0. The van der Waals surface area contributed by atoms with E-state index in [0.29, 0.717) is 0 Å². The zero-order valence-corrected chi connectivity index (χ0v) is 4.03. The van der Waals surface area contributed by atoms with Crippen LogP contribution in [0.15, 0.2) is 0 Å². The number of hydrogen-bond acceptors (Lipinski definition) is 2. The van der Waals surface area contributed by atoms with Crippen LogP contribution >= 0.6 is 9.58 Å². The quantitative estimate of drug-likeness (QED) is 0.498. The first-order valence-electron chi connectivity index (χ1n) is 0.381. The van der Waals surface area contributed by atoms with E-state index >= 15 is 0 Å². The Hall–Kier alpha value is 0.450. The second kappa shape index (κ2) is 102. The van der Waals surface area contributed by atoms with Gasteiger partial charge in [0.25, 0.3) is 0 Å². The molecule has 0 N–H and O–H groups in total. The van der Waals surface area contributed by atoms with Gasteiger partial charge in [-0.05, 0) is 0 Å². The first kappa shape index (κ1) is 8.82. The molecule has 0 saturated carbocycles. The standard InChI is InChI=1S/CHN.Ag.S/c1-2;;/h1H;;. The average Bonchev–Trinajstić information content (AvgIpc) is 1.50. The van der Waals surface area contributed by atoms with Crippen LogP contribution in [0.25, 0.3) is 0 Å². The van der Waals surface area contributed by atoms with Gasteiger partial charge in [-0.25, -0.2) is 5.26 Å². The van der Waals surface area contributed by atoms with E-state index in [1.807, 2.05) is 0 Å².